The molecule has 0 aromatic heterocycles. The third-order valence-electron chi connectivity index (χ3n) is 6.83. The van der Waals surface area contributed by atoms with E-state index in [2.05, 4.69) is 5.32 Å². The van der Waals surface area contributed by atoms with E-state index in [0.29, 0.717) is 17.9 Å². The van der Waals surface area contributed by atoms with Crippen molar-refractivity contribution in [3.8, 4) is 5.75 Å². The van der Waals surface area contributed by atoms with Gasteiger partial charge in [-0.15, -0.1) is 0 Å². The maximum absolute atomic E-state index is 14.1. The molecule has 0 saturated heterocycles. The maximum Gasteiger partial charge on any atom is 0.264 e. The highest BCUT2D eigenvalue weighted by molar-refractivity contribution is 7.92. The predicted octanol–water partition coefficient (Wildman–Crippen LogP) is 4.92. The summed E-state index contributed by atoms with van der Waals surface area (Å²) in [6.07, 6.45) is 1.12. The Morgan fingerprint density at radius 3 is 2.08 bits per heavy atom. The number of amides is 2. The fourth-order valence-corrected chi connectivity index (χ4v) is 5.66. The normalized spacial score (nSPS) is 12.7. The summed E-state index contributed by atoms with van der Waals surface area (Å²) in [7, 11) is -2.63. The fourth-order valence-electron chi connectivity index (χ4n) is 4.25. The number of nitrogens with zero attached hydrogens (tertiary/aromatic N) is 2. The van der Waals surface area contributed by atoms with Gasteiger partial charge in [-0.25, -0.2) is 8.42 Å². The van der Waals surface area contributed by atoms with E-state index in [0.717, 1.165) is 21.9 Å². The average molecular weight is 566 g/mol. The summed E-state index contributed by atoms with van der Waals surface area (Å²) in [6, 6.07) is 21.4. The minimum atomic E-state index is -4.13. The van der Waals surface area contributed by atoms with Crippen molar-refractivity contribution in [2.45, 2.75) is 64.1 Å². The van der Waals surface area contributed by atoms with Crippen LogP contribution < -0.4 is 14.4 Å². The van der Waals surface area contributed by atoms with Gasteiger partial charge in [-0.1, -0.05) is 61.9 Å². The number of methoxy groups -OCH3 is 1. The van der Waals surface area contributed by atoms with Crippen LogP contribution in [0.2, 0.25) is 0 Å². The Bertz CT molecular complexity index is 1360. The number of anilines is 1. The topological polar surface area (TPSA) is 96.0 Å². The zero-order valence-electron chi connectivity index (χ0n) is 23.8. The molecule has 214 valence electrons. The lowest BCUT2D eigenvalue weighted by Gasteiger charge is -2.33. The number of sulfonamides is 1. The molecule has 0 heterocycles. The van der Waals surface area contributed by atoms with Crippen molar-refractivity contribution in [1.82, 2.24) is 10.2 Å². The Kier molecular flexibility index (Phi) is 10.7. The summed E-state index contributed by atoms with van der Waals surface area (Å²) >= 11 is 0. The van der Waals surface area contributed by atoms with Gasteiger partial charge >= 0.3 is 0 Å². The highest BCUT2D eigenvalue weighted by Gasteiger charge is 2.34. The minimum absolute atomic E-state index is 0.0246. The van der Waals surface area contributed by atoms with Crippen molar-refractivity contribution in [2.75, 3.05) is 18.0 Å². The number of ether oxygens (including phenoxy) is 1. The highest BCUT2D eigenvalue weighted by atomic mass is 32.2. The number of para-hydroxylation sites is 1. The average Bonchev–Trinajstić information content (AvgIpc) is 2.96. The molecule has 0 bridgehead atoms. The first kappa shape index (κ1) is 30.7. The molecule has 0 fully saturated rings. The van der Waals surface area contributed by atoms with Crippen LogP contribution in [0.4, 0.5) is 5.69 Å². The van der Waals surface area contributed by atoms with Crippen LogP contribution in [0.15, 0.2) is 83.8 Å². The molecule has 0 aliphatic carbocycles. The van der Waals surface area contributed by atoms with Gasteiger partial charge in [0.1, 0.15) is 18.3 Å². The monoisotopic (exact) mass is 565 g/mol. The Morgan fingerprint density at radius 1 is 0.900 bits per heavy atom. The van der Waals surface area contributed by atoms with E-state index in [-0.39, 0.29) is 23.4 Å². The highest BCUT2D eigenvalue weighted by Crippen LogP contribution is 2.26. The molecule has 2 atom stereocenters. The van der Waals surface area contributed by atoms with Gasteiger partial charge in [0, 0.05) is 12.6 Å². The second kappa shape index (κ2) is 14.0. The molecule has 0 unspecified atom stereocenters. The number of carbonyl (C=O) groups excluding carboxylic acids is 2. The maximum atomic E-state index is 14.1. The van der Waals surface area contributed by atoms with Crippen molar-refractivity contribution >= 4 is 27.5 Å². The van der Waals surface area contributed by atoms with Crippen molar-refractivity contribution < 1.29 is 22.7 Å². The SMILES string of the molecule is CC[C@H](C)NC(=O)[C@H](CC)N(Cc1ccc(C)cc1)C(=O)CN(c1ccccc1)S(=O)(=O)c1ccc(OC)cc1. The lowest BCUT2D eigenvalue weighted by molar-refractivity contribution is -0.140. The molecule has 1 N–H and O–H groups in total. The molecule has 3 aromatic carbocycles. The first-order valence-electron chi connectivity index (χ1n) is 13.5. The molecule has 0 spiro atoms. The lowest BCUT2D eigenvalue weighted by atomic mass is 10.1. The third-order valence-corrected chi connectivity index (χ3v) is 8.62. The number of benzene rings is 3. The molecule has 3 rings (SSSR count). The number of carbonyl (C=O) groups is 2. The summed E-state index contributed by atoms with van der Waals surface area (Å²) in [5.41, 5.74) is 2.26. The van der Waals surface area contributed by atoms with Crippen LogP contribution in [-0.2, 0) is 26.2 Å². The number of rotatable bonds is 13. The van der Waals surface area contributed by atoms with Crippen LogP contribution >= 0.6 is 0 Å². The van der Waals surface area contributed by atoms with Crippen LogP contribution in [0, 0.1) is 6.92 Å². The number of hydrogen-bond donors (Lipinski definition) is 1. The summed E-state index contributed by atoms with van der Waals surface area (Å²) in [5.74, 6) is -0.224. The van der Waals surface area contributed by atoms with E-state index >= 15 is 0 Å². The molecule has 0 saturated carbocycles. The van der Waals surface area contributed by atoms with Gasteiger partial charge in [0.15, 0.2) is 0 Å². The summed E-state index contributed by atoms with van der Waals surface area (Å²) < 4.78 is 34.0. The van der Waals surface area contributed by atoms with Gasteiger partial charge in [0.05, 0.1) is 17.7 Å². The number of nitrogens with one attached hydrogen (secondary N) is 1. The van der Waals surface area contributed by atoms with E-state index < -0.39 is 28.5 Å². The predicted molar refractivity (Wildman–Crippen MR) is 158 cm³/mol. The summed E-state index contributed by atoms with van der Waals surface area (Å²) in [4.78, 5) is 28.9. The van der Waals surface area contributed by atoms with Gasteiger partial charge in [0.2, 0.25) is 11.8 Å². The molecular formula is C31H39N3O5S. The fraction of sp³-hybridized carbons (Fsp3) is 0.355. The van der Waals surface area contributed by atoms with Gasteiger partial charge in [-0.2, -0.15) is 0 Å². The zero-order chi connectivity index (χ0) is 29.3. The summed E-state index contributed by atoms with van der Waals surface area (Å²) in [5, 5.41) is 2.99. The quantitative estimate of drug-likeness (QED) is 0.317. The van der Waals surface area contributed by atoms with Crippen LogP contribution in [0.1, 0.15) is 44.7 Å². The first-order valence-corrected chi connectivity index (χ1v) is 14.9. The van der Waals surface area contributed by atoms with E-state index in [1.54, 1.807) is 42.5 Å². The molecule has 8 nitrogen and oxygen atoms in total. The zero-order valence-corrected chi connectivity index (χ0v) is 24.6. The van der Waals surface area contributed by atoms with Gasteiger partial charge in [-0.3, -0.25) is 13.9 Å². The minimum Gasteiger partial charge on any atom is -0.497 e. The standard InChI is InChI=1S/C31H39N3O5S/c1-6-24(4)32-31(36)29(7-2)33(21-25-15-13-23(3)14-16-25)30(35)22-34(26-11-9-8-10-12-26)40(37,38)28-19-17-27(39-5)18-20-28/h8-20,24,29H,6-7,21-22H2,1-5H3,(H,32,36)/t24-,29-/m0/s1. The van der Waals surface area contributed by atoms with E-state index in [4.69, 9.17) is 4.74 Å². The number of hydrogen-bond acceptors (Lipinski definition) is 5. The largest absolute Gasteiger partial charge is 0.497 e. The lowest BCUT2D eigenvalue weighted by Crippen LogP contribution is -2.53. The third kappa shape index (κ3) is 7.63. The van der Waals surface area contributed by atoms with Crippen molar-refractivity contribution in [1.29, 1.82) is 0 Å². The molecule has 9 heteroatoms. The number of aryl methyl sites for hydroxylation is 1. The first-order chi connectivity index (χ1) is 19.1. The molecule has 3 aromatic rings. The second-order valence-corrected chi connectivity index (χ2v) is 11.6. The Hall–Kier alpha value is -3.85. The van der Waals surface area contributed by atoms with Crippen LogP contribution in [0.25, 0.3) is 0 Å². The van der Waals surface area contributed by atoms with E-state index in [1.165, 1.54) is 24.1 Å². The van der Waals surface area contributed by atoms with E-state index in [1.807, 2.05) is 52.0 Å². The Labute approximate surface area is 238 Å². The van der Waals surface area contributed by atoms with Crippen molar-refractivity contribution in [3.63, 3.8) is 0 Å². The van der Waals surface area contributed by atoms with Crippen molar-refractivity contribution in [3.05, 3.63) is 90.0 Å². The smallest absolute Gasteiger partial charge is 0.264 e. The molecule has 0 aliphatic rings. The van der Waals surface area contributed by atoms with Crippen LogP contribution in [0.3, 0.4) is 0 Å². The van der Waals surface area contributed by atoms with Crippen LogP contribution in [0.5, 0.6) is 5.75 Å². The Morgan fingerprint density at radius 2 is 1.52 bits per heavy atom. The molecule has 0 radical (unpaired) electrons. The van der Waals surface area contributed by atoms with E-state index in [9.17, 15) is 18.0 Å². The summed E-state index contributed by atoms with van der Waals surface area (Å²) in [6.45, 7) is 7.40. The van der Waals surface area contributed by atoms with Gasteiger partial charge in [-0.05, 0) is 68.7 Å². The molecule has 2 amide bonds. The van der Waals surface area contributed by atoms with Gasteiger partial charge < -0.3 is 15.0 Å². The molecule has 40 heavy (non-hydrogen) atoms. The molecule has 0 aliphatic heterocycles. The van der Waals surface area contributed by atoms with Crippen molar-refractivity contribution in [2.24, 2.45) is 0 Å². The van der Waals surface area contributed by atoms with Crippen LogP contribution in [-0.4, -0.2) is 50.9 Å². The Balaban J connectivity index is 2.02. The molecular weight excluding hydrogens is 526 g/mol. The second-order valence-electron chi connectivity index (χ2n) is 9.77. The van der Waals surface area contributed by atoms with Gasteiger partial charge in [0.25, 0.3) is 10.0 Å².